The first-order valence-electron chi connectivity index (χ1n) is 12.3. The first kappa shape index (κ1) is 25.9. The fraction of sp³-hybridized carbons (Fsp3) is 0.370. The predicted octanol–water partition coefficient (Wildman–Crippen LogP) is 2.80. The van der Waals surface area contributed by atoms with Gasteiger partial charge in [0.2, 0.25) is 11.8 Å². The maximum absolute atomic E-state index is 13.7. The number of nitro groups is 1. The number of rotatable bonds is 7. The van der Waals surface area contributed by atoms with Crippen molar-refractivity contribution in [3.8, 4) is 0 Å². The molecule has 0 atom stereocenters. The summed E-state index contributed by atoms with van der Waals surface area (Å²) in [6, 6.07) is 15.6. The van der Waals surface area contributed by atoms with E-state index in [1.165, 1.54) is 18.2 Å². The maximum Gasteiger partial charge on any atom is 0.269 e. The fourth-order valence-corrected chi connectivity index (χ4v) is 4.94. The van der Waals surface area contributed by atoms with E-state index in [0.717, 1.165) is 5.69 Å². The topological polar surface area (TPSA) is 116 Å². The average molecular weight is 506 g/mol. The van der Waals surface area contributed by atoms with Crippen molar-refractivity contribution in [2.75, 3.05) is 31.2 Å². The summed E-state index contributed by atoms with van der Waals surface area (Å²) in [4.78, 5) is 54.7. The Morgan fingerprint density at radius 3 is 2.32 bits per heavy atom. The van der Waals surface area contributed by atoms with E-state index in [1.807, 2.05) is 44.2 Å². The summed E-state index contributed by atoms with van der Waals surface area (Å²) in [6.07, 6.45) is 3.97. The largest absolute Gasteiger partial charge is 0.352 e. The fourth-order valence-electron chi connectivity index (χ4n) is 4.94. The number of nitro benzene ring substituents is 1. The minimum atomic E-state index is -0.821. The van der Waals surface area contributed by atoms with Crippen LogP contribution in [0.2, 0.25) is 0 Å². The van der Waals surface area contributed by atoms with Crippen LogP contribution in [0.1, 0.15) is 32.3 Å². The Bertz CT molecular complexity index is 1190. The molecular weight excluding hydrogens is 474 g/mol. The van der Waals surface area contributed by atoms with Crippen LogP contribution in [0.4, 0.5) is 11.4 Å². The normalized spacial score (nSPS) is 17.2. The number of anilines is 1. The van der Waals surface area contributed by atoms with Crippen molar-refractivity contribution in [2.45, 2.75) is 38.3 Å². The van der Waals surface area contributed by atoms with Gasteiger partial charge in [0.15, 0.2) is 0 Å². The Morgan fingerprint density at radius 1 is 1.08 bits per heavy atom. The number of likely N-dealkylation sites (tertiary alicyclic amines) is 1. The molecule has 37 heavy (non-hydrogen) atoms. The van der Waals surface area contributed by atoms with E-state index in [1.54, 1.807) is 28.0 Å². The van der Waals surface area contributed by atoms with Gasteiger partial charge in [-0.15, -0.1) is 0 Å². The number of para-hydroxylation sites is 1. The Kier molecular flexibility index (Phi) is 7.56. The third-order valence-corrected chi connectivity index (χ3v) is 6.79. The van der Waals surface area contributed by atoms with Crippen LogP contribution in [-0.2, 0) is 14.4 Å². The maximum atomic E-state index is 13.7. The highest BCUT2D eigenvalue weighted by Gasteiger charge is 2.54. The first-order chi connectivity index (χ1) is 17.7. The second-order valence-corrected chi connectivity index (χ2v) is 9.67. The van der Waals surface area contributed by atoms with Crippen molar-refractivity contribution < 1.29 is 19.3 Å². The third kappa shape index (κ3) is 5.63. The summed E-state index contributed by atoms with van der Waals surface area (Å²) < 4.78 is 0. The standard InChI is InChI=1S/C27H31N5O5/c1-20(2)28-24(33)18-30-19-31(22-6-4-3-5-7-22)27(26(30)35)14-16-29(17-15-27)25(34)13-10-21-8-11-23(12-9-21)32(36)37/h3-13,20H,14-19H2,1-2H3,(H,28,33). The predicted molar refractivity (Wildman–Crippen MR) is 139 cm³/mol. The molecule has 2 fully saturated rings. The molecule has 4 rings (SSSR count). The summed E-state index contributed by atoms with van der Waals surface area (Å²) >= 11 is 0. The van der Waals surface area contributed by atoms with Crippen molar-refractivity contribution in [3.63, 3.8) is 0 Å². The number of hydrogen-bond acceptors (Lipinski definition) is 6. The van der Waals surface area contributed by atoms with Crippen LogP contribution in [0.15, 0.2) is 60.7 Å². The number of benzene rings is 2. The zero-order valence-corrected chi connectivity index (χ0v) is 21.0. The van der Waals surface area contributed by atoms with Gasteiger partial charge in [-0.2, -0.15) is 0 Å². The van der Waals surface area contributed by atoms with E-state index in [2.05, 4.69) is 10.2 Å². The number of nitrogens with one attached hydrogen (secondary N) is 1. The molecule has 194 valence electrons. The quantitative estimate of drug-likeness (QED) is 0.351. The van der Waals surface area contributed by atoms with Crippen molar-refractivity contribution in [3.05, 3.63) is 76.4 Å². The highest BCUT2D eigenvalue weighted by molar-refractivity contribution is 5.97. The average Bonchev–Trinajstić information content (AvgIpc) is 3.14. The van der Waals surface area contributed by atoms with Gasteiger partial charge < -0.3 is 20.0 Å². The van der Waals surface area contributed by atoms with Gasteiger partial charge in [0.25, 0.3) is 11.6 Å². The lowest BCUT2D eigenvalue weighted by atomic mass is 9.85. The monoisotopic (exact) mass is 505 g/mol. The Morgan fingerprint density at radius 2 is 1.73 bits per heavy atom. The van der Waals surface area contributed by atoms with Gasteiger partial charge in [-0.25, -0.2) is 0 Å². The van der Waals surface area contributed by atoms with Crippen molar-refractivity contribution >= 4 is 35.2 Å². The summed E-state index contributed by atoms with van der Waals surface area (Å²) in [6.45, 7) is 4.84. The van der Waals surface area contributed by atoms with Crippen LogP contribution >= 0.6 is 0 Å². The molecule has 0 radical (unpaired) electrons. The Balaban J connectivity index is 1.46. The van der Waals surface area contributed by atoms with Crippen LogP contribution in [0.5, 0.6) is 0 Å². The highest BCUT2D eigenvalue weighted by atomic mass is 16.6. The van der Waals surface area contributed by atoms with E-state index in [9.17, 15) is 24.5 Å². The smallest absolute Gasteiger partial charge is 0.269 e. The summed E-state index contributed by atoms with van der Waals surface area (Å²) in [5.41, 5.74) is 0.757. The van der Waals surface area contributed by atoms with Crippen LogP contribution in [0.3, 0.4) is 0 Å². The number of non-ortho nitro benzene ring substituents is 1. The van der Waals surface area contributed by atoms with Crippen LogP contribution in [0.25, 0.3) is 6.08 Å². The van der Waals surface area contributed by atoms with Crippen molar-refractivity contribution in [1.29, 1.82) is 0 Å². The zero-order valence-electron chi connectivity index (χ0n) is 21.0. The van der Waals surface area contributed by atoms with Gasteiger partial charge in [-0.05, 0) is 62.6 Å². The molecule has 0 aromatic heterocycles. The molecule has 2 aromatic carbocycles. The molecule has 2 aromatic rings. The number of piperidine rings is 1. The van der Waals surface area contributed by atoms with E-state index >= 15 is 0 Å². The number of carbonyl (C=O) groups excluding carboxylic acids is 3. The van der Waals surface area contributed by atoms with Crippen molar-refractivity contribution in [2.24, 2.45) is 0 Å². The van der Waals surface area contributed by atoms with Gasteiger partial charge in [0, 0.05) is 43.0 Å². The summed E-state index contributed by atoms with van der Waals surface area (Å²) in [5.74, 6) is -0.473. The van der Waals surface area contributed by atoms with Gasteiger partial charge >= 0.3 is 0 Å². The second kappa shape index (κ2) is 10.8. The molecule has 10 nitrogen and oxygen atoms in total. The van der Waals surface area contributed by atoms with E-state index in [0.29, 0.717) is 38.2 Å². The molecule has 2 aliphatic rings. The lowest BCUT2D eigenvalue weighted by molar-refractivity contribution is -0.384. The minimum absolute atomic E-state index is 0.00950. The SMILES string of the molecule is CC(C)NC(=O)CN1CN(c2ccccc2)C2(CCN(C(=O)C=Cc3ccc([N+](=O)[O-])cc3)CC2)C1=O. The molecule has 0 saturated carbocycles. The highest BCUT2D eigenvalue weighted by Crippen LogP contribution is 2.39. The Hall–Kier alpha value is -4.21. The molecule has 10 heteroatoms. The van der Waals surface area contributed by atoms with Gasteiger partial charge in [-0.1, -0.05) is 18.2 Å². The molecule has 3 amide bonds. The molecule has 0 unspecified atom stereocenters. The third-order valence-electron chi connectivity index (χ3n) is 6.79. The molecule has 2 heterocycles. The molecule has 2 saturated heterocycles. The van der Waals surface area contributed by atoms with E-state index in [-0.39, 0.29) is 36.0 Å². The molecule has 1 spiro atoms. The number of amides is 3. The molecular formula is C27H31N5O5. The first-order valence-corrected chi connectivity index (χ1v) is 12.3. The van der Waals surface area contributed by atoms with Gasteiger partial charge in [0.1, 0.15) is 12.1 Å². The van der Waals surface area contributed by atoms with Gasteiger partial charge in [-0.3, -0.25) is 24.5 Å². The molecule has 0 bridgehead atoms. The summed E-state index contributed by atoms with van der Waals surface area (Å²) in [7, 11) is 0. The lowest BCUT2D eigenvalue weighted by Crippen LogP contribution is -2.57. The van der Waals surface area contributed by atoms with E-state index in [4.69, 9.17) is 0 Å². The zero-order chi connectivity index (χ0) is 26.6. The number of carbonyl (C=O) groups is 3. The molecule has 1 N–H and O–H groups in total. The van der Waals surface area contributed by atoms with Crippen LogP contribution < -0.4 is 10.2 Å². The van der Waals surface area contributed by atoms with Crippen LogP contribution in [0, 0.1) is 10.1 Å². The van der Waals surface area contributed by atoms with E-state index < -0.39 is 10.5 Å². The minimum Gasteiger partial charge on any atom is -0.352 e. The Labute approximate surface area is 215 Å². The lowest BCUT2D eigenvalue weighted by Gasteiger charge is -2.43. The number of nitrogens with zero attached hydrogens (tertiary/aromatic N) is 4. The molecule has 2 aliphatic heterocycles. The second-order valence-electron chi connectivity index (χ2n) is 9.67. The summed E-state index contributed by atoms with van der Waals surface area (Å²) in [5, 5.41) is 13.7. The van der Waals surface area contributed by atoms with Crippen LogP contribution in [-0.4, -0.2) is 70.3 Å². The number of hydrogen-bond donors (Lipinski definition) is 1. The van der Waals surface area contributed by atoms with Gasteiger partial charge in [0.05, 0.1) is 11.6 Å². The molecule has 0 aliphatic carbocycles. The van der Waals surface area contributed by atoms with Crippen molar-refractivity contribution in [1.82, 2.24) is 15.1 Å².